The number of rotatable bonds is 3. The standard InChI is InChI=1S/C13H3Br3F4O5S/c14-3-1-4(6(16)5(15)2-3)13(21)25-11-7(17)9(19)12(26(22,23)24)10(20)8(11)18/h1-2H,(H,22,23,24)/p-1. The smallest absolute Gasteiger partial charge is 0.344 e. The Labute approximate surface area is 168 Å². The molecule has 2 aromatic carbocycles. The third-order valence-corrected chi connectivity index (χ3v) is 6.17. The Morgan fingerprint density at radius 1 is 0.962 bits per heavy atom. The molecule has 26 heavy (non-hydrogen) atoms. The van der Waals surface area contributed by atoms with Gasteiger partial charge in [0, 0.05) is 13.4 Å². The number of carbonyl (C=O) groups is 1. The highest BCUT2D eigenvalue weighted by atomic mass is 79.9. The lowest BCUT2D eigenvalue weighted by atomic mass is 10.2. The molecule has 0 aromatic heterocycles. The topological polar surface area (TPSA) is 83.5 Å². The van der Waals surface area contributed by atoms with E-state index in [9.17, 15) is 35.3 Å². The van der Waals surface area contributed by atoms with Crippen LogP contribution in [0.3, 0.4) is 0 Å². The van der Waals surface area contributed by atoms with Crippen LogP contribution in [0.1, 0.15) is 10.4 Å². The van der Waals surface area contributed by atoms with Crippen molar-refractivity contribution in [2.75, 3.05) is 0 Å². The number of carbonyl (C=O) groups excluding carboxylic acids is 1. The molecule has 2 aromatic rings. The van der Waals surface area contributed by atoms with Crippen molar-refractivity contribution in [2.24, 2.45) is 0 Å². The van der Waals surface area contributed by atoms with Gasteiger partial charge in [-0.05, 0) is 44.0 Å². The molecule has 13 heteroatoms. The molecule has 5 nitrogen and oxygen atoms in total. The normalized spacial score (nSPS) is 11.5. The molecule has 0 bridgehead atoms. The fraction of sp³-hybridized carbons (Fsp3) is 0. The molecule has 0 unspecified atom stereocenters. The summed E-state index contributed by atoms with van der Waals surface area (Å²) in [7, 11) is -5.86. The summed E-state index contributed by atoms with van der Waals surface area (Å²) in [5, 5.41) is 0. The minimum absolute atomic E-state index is 0.103. The van der Waals surface area contributed by atoms with Crippen LogP contribution in [-0.2, 0) is 10.1 Å². The van der Waals surface area contributed by atoms with E-state index in [1.165, 1.54) is 12.1 Å². The molecule has 0 heterocycles. The lowest BCUT2D eigenvalue weighted by Gasteiger charge is -2.14. The van der Waals surface area contributed by atoms with E-state index < -0.39 is 50.0 Å². The second kappa shape index (κ2) is 7.54. The van der Waals surface area contributed by atoms with Gasteiger partial charge in [-0.15, -0.1) is 0 Å². The highest BCUT2D eigenvalue weighted by Gasteiger charge is 2.31. The summed E-state index contributed by atoms with van der Waals surface area (Å²) in [5.41, 5.74) is -0.286. The second-order valence-corrected chi connectivity index (χ2v) is 8.39. The van der Waals surface area contributed by atoms with Crippen molar-refractivity contribution in [3.8, 4) is 5.75 Å². The third-order valence-electron chi connectivity index (χ3n) is 2.84. The van der Waals surface area contributed by atoms with Gasteiger partial charge in [0.25, 0.3) is 0 Å². The van der Waals surface area contributed by atoms with Crippen LogP contribution < -0.4 is 4.74 Å². The van der Waals surface area contributed by atoms with Gasteiger partial charge in [0.15, 0.2) is 11.6 Å². The summed E-state index contributed by atoms with van der Waals surface area (Å²) < 4.78 is 92.5. The van der Waals surface area contributed by atoms with Crippen LogP contribution in [0.5, 0.6) is 5.75 Å². The molecule has 0 N–H and O–H groups in total. The SMILES string of the molecule is O=C(Oc1c(F)c(F)c(S(=O)(=O)[O-])c(F)c1F)c1cc(Br)cc(Br)c1Br. The molecule has 0 atom stereocenters. The second-order valence-electron chi connectivity index (χ2n) is 4.51. The maximum atomic E-state index is 13.9. The fourth-order valence-corrected chi connectivity index (χ4v) is 3.99. The van der Waals surface area contributed by atoms with Crippen molar-refractivity contribution in [1.82, 2.24) is 0 Å². The first kappa shape index (κ1) is 21.3. The van der Waals surface area contributed by atoms with E-state index in [2.05, 4.69) is 52.5 Å². The zero-order valence-corrected chi connectivity index (χ0v) is 17.3. The summed E-state index contributed by atoms with van der Waals surface area (Å²) >= 11 is 9.14. The Morgan fingerprint density at radius 2 is 1.46 bits per heavy atom. The van der Waals surface area contributed by atoms with Gasteiger partial charge in [-0.25, -0.2) is 22.0 Å². The van der Waals surface area contributed by atoms with Gasteiger partial charge in [0.1, 0.15) is 15.0 Å². The minimum atomic E-state index is -5.86. The fourth-order valence-electron chi connectivity index (χ4n) is 1.75. The summed E-state index contributed by atoms with van der Waals surface area (Å²) in [4.78, 5) is 9.75. The van der Waals surface area contributed by atoms with Gasteiger partial charge in [0.2, 0.25) is 17.4 Å². The Balaban J connectivity index is 2.60. The molecule has 0 aliphatic carbocycles. The Hall–Kier alpha value is -1.02. The molecule has 0 amide bonds. The summed E-state index contributed by atoms with van der Waals surface area (Å²) in [6, 6.07) is 2.69. The van der Waals surface area contributed by atoms with Crippen molar-refractivity contribution in [3.63, 3.8) is 0 Å². The summed E-state index contributed by atoms with van der Waals surface area (Å²) in [6.07, 6.45) is 0. The molecule has 0 aliphatic heterocycles. The number of ether oxygens (including phenoxy) is 1. The van der Waals surface area contributed by atoms with Crippen LogP contribution in [-0.4, -0.2) is 18.9 Å². The first-order valence-electron chi connectivity index (χ1n) is 6.04. The number of hydrogen-bond acceptors (Lipinski definition) is 5. The van der Waals surface area contributed by atoms with Crippen molar-refractivity contribution in [2.45, 2.75) is 4.90 Å². The monoisotopic (exact) mass is 583 g/mol. The number of halogens is 7. The largest absolute Gasteiger partial charge is 0.744 e. The maximum Gasteiger partial charge on any atom is 0.344 e. The van der Waals surface area contributed by atoms with Crippen molar-refractivity contribution in [1.29, 1.82) is 0 Å². The zero-order chi connectivity index (χ0) is 20.0. The molecule has 0 fully saturated rings. The van der Waals surface area contributed by atoms with Gasteiger partial charge in [0.05, 0.1) is 5.56 Å². The highest BCUT2D eigenvalue weighted by Crippen LogP contribution is 2.35. The molecule has 0 saturated carbocycles. The maximum absolute atomic E-state index is 13.9. The van der Waals surface area contributed by atoms with E-state index in [1.807, 2.05) is 0 Å². The molecule has 0 radical (unpaired) electrons. The number of benzene rings is 2. The predicted molar refractivity (Wildman–Crippen MR) is 88.7 cm³/mol. The van der Waals surface area contributed by atoms with Crippen molar-refractivity contribution in [3.05, 3.63) is 54.4 Å². The lowest BCUT2D eigenvalue weighted by Crippen LogP contribution is -2.16. The van der Waals surface area contributed by atoms with E-state index in [4.69, 9.17) is 0 Å². The predicted octanol–water partition coefficient (Wildman–Crippen LogP) is 4.65. The van der Waals surface area contributed by atoms with E-state index in [0.717, 1.165) is 0 Å². The van der Waals surface area contributed by atoms with E-state index in [1.54, 1.807) is 0 Å². The quantitative estimate of drug-likeness (QED) is 0.172. The van der Waals surface area contributed by atoms with Crippen molar-refractivity contribution < 1.29 is 40.1 Å². The van der Waals surface area contributed by atoms with E-state index in [0.29, 0.717) is 8.95 Å². The first-order chi connectivity index (χ1) is 11.9. The number of hydrogen-bond donors (Lipinski definition) is 0. The third kappa shape index (κ3) is 3.96. The van der Waals surface area contributed by atoms with Gasteiger partial charge in [-0.1, -0.05) is 15.9 Å². The Morgan fingerprint density at radius 3 is 1.92 bits per heavy atom. The number of esters is 1. The van der Waals surface area contributed by atoms with E-state index in [-0.39, 0.29) is 10.0 Å². The zero-order valence-electron chi connectivity index (χ0n) is 11.7. The van der Waals surface area contributed by atoms with Gasteiger partial charge >= 0.3 is 5.97 Å². The van der Waals surface area contributed by atoms with Crippen LogP contribution in [0, 0.1) is 23.3 Å². The Bertz CT molecular complexity index is 1010. The highest BCUT2D eigenvalue weighted by molar-refractivity contribution is 9.13. The molecule has 140 valence electrons. The average Bonchev–Trinajstić information content (AvgIpc) is 2.51. The van der Waals surface area contributed by atoms with Crippen LogP contribution in [0.15, 0.2) is 30.4 Å². The van der Waals surface area contributed by atoms with Gasteiger partial charge in [-0.3, -0.25) is 0 Å². The van der Waals surface area contributed by atoms with Crippen molar-refractivity contribution >= 4 is 63.9 Å². The molecule has 2 rings (SSSR count). The van der Waals surface area contributed by atoms with Gasteiger partial charge in [-0.2, -0.15) is 8.78 Å². The Kier molecular flexibility index (Phi) is 6.17. The van der Waals surface area contributed by atoms with Crippen LogP contribution >= 0.6 is 47.8 Å². The van der Waals surface area contributed by atoms with Crippen LogP contribution in [0.2, 0.25) is 0 Å². The molecule has 0 spiro atoms. The summed E-state index contributed by atoms with van der Waals surface area (Å²) in [6.45, 7) is 0. The van der Waals surface area contributed by atoms with Gasteiger partial charge < -0.3 is 9.29 Å². The summed E-state index contributed by atoms with van der Waals surface area (Å²) in [5.74, 6) is -13.0. The first-order valence-corrected chi connectivity index (χ1v) is 9.83. The van der Waals surface area contributed by atoms with Crippen LogP contribution in [0.25, 0.3) is 0 Å². The minimum Gasteiger partial charge on any atom is -0.744 e. The molecule has 0 saturated heterocycles. The molecular weight excluding hydrogens is 584 g/mol. The lowest BCUT2D eigenvalue weighted by molar-refractivity contribution is 0.0715. The molecular formula is C13H2Br3F4O5S-. The van der Waals surface area contributed by atoms with Crippen LogP contribution in [0.4, 0.5) is 17.6 Å². The molecule has 0 aliphatic rings. The van der Waals surface area contributed by atoms with E-state index >= 15 is 0 Å². The average molecular weight is 586 g/mol.